The number of benzene rings is 1. The topological polar surface area (TPSA) is 53.9 Å². The predicted molar refractivity (Wildman–Crippen MR) is 80.2 cm³/mol. The van der Waals surface area contributed by atoms with Crippen LogP contribution in [0.25, 0.3) is 10.9 Å². The van der Waals surface area contributed by atoms with Crippen LogP contribution in [0.2, 0.25) is 0 Å². The van der Waals surface area contributed by atoms with Gasteiger partial charge in [0, 0.05) is 30.2 Å². The van der Waals surface area contributed by atoms with Crippen molar-refractivity contribution in [3.05, 3.63) is 53.7 Å². The Bertz CT molecular complexity index is 816. The lowest BCUT2D eigenvalue weighted by atomic mass is 10.1. The molecule has 21 heavy (non-hydrogen) atoms. The van der Waals surface area contributed by atoms with Crippen LogP contribution in [0, 0.1) is 6.92 Å². The summed E-state index contributed by atoms with van der Waals surface area (Å²) >= 11 is 0. The maximum Gasteiger partial charge on any atom is 0.329 e. The van der Waals surface area contributed by atoms with Crippen molar-refractivity contribution in [3.63, 3.8) is 0 Å². The molecule has 1 amide bonds. The SMILES string of the molecule is Cc1c2n(c3ccccc13)C(=O)N(Cc1cnc[nH]1)CC2. The summed E-state index contributed by atoms with van der Waals surface area (Å²) in [5.41, 5.74) is 4.33. The second-order valence-corrected chi connectivity index (χ2v) is 5.46. The fraction of sp³-hybridized carbons (Fsp3) is 0.250. The highest BCUT2D eigenvalue weighted by Crippen LogP contribution is 2.29. The van der Waals surface area contributed by atoms with Gasteiger partial charge in [0.2, 0.25) is 0 Å². The lowest BCUT2D eigenvalue weighted by Gasteiger charge is -2.28. The van der Waals surface area contributed by atoms with Crippen molar-refractivity contribution in [2.45, 2.75) is 19.9 Å². The molecule has 0 radical (unpaired) electrons. The summed E-state index contributed by atoms with van der Waals surface area (Å²) in [4.78, 5) is 21.8. The summed E-state index contributed by atoms with van der Waals surface area (Å²) in [5.74, 6) is 0. The van der Waals surface area contributed by atoms with Gasteiger partial charge in [-0.1, -0.05) is 18.2 Å². The first-order valence-corrected chi connectivity index (χ1v) is 7.11. The number of para-hydroxylation sites is 1. The number of nitrogens with one attached hydrogen (secondary N) is 1. The second-order valence-electron chi connectivity index (χ2n) is 5.46. The Morgan fingerprint density at radius 2 is 2.19 bits per heavy atom. The first-order chi connectivity index (χ1) is 10.3. The Hall–Kier alpha value is -2.56. The van der Waals surface area contributed by atoms with Gasteiger partial charge in [-0.05, 0) is 18.6 Å². The smallest absolute Gasteiger partial charge is 0.329 e. The molecule has 0 aliphatic carbocycles. The molecule has 1 aromatic carbocycles. The Kier molecular flexibility index (Phi) is 2.60. The average Bonchev–Trinajstić information content (AvgIpc) is 3.10. The molecule has 0 saturated heterocycles. The van der Waals surface area contributed by atoms with E-state index in [1.54, 1.807) is 12.5 Å². The lowest BCUT2D eigenvalue weighted by molar-refractivity contribution is 0.190. The van der Waals surface area contributed by atoms with Crippen LogP contribution in [0.15, 0.2) is 36.8 Å². The quantitative estimate of drug-likeness (QED) is 0.784. The normalized spacial score (nSPS) is 14.7. The number of H-pyrrole nitrogens is 1. The molecule has 1 aliphatic rings. The summed E-state index contributed by atoms with van der Waals surface area (Å²) in [6.07, 6.45) is 4.30. The van der Waals surface area contributed by atoms with Gasteiger partial charge >= 0.3 is 6.03 Å². The number of hydrogen-bond donors (Lipinski definition) is 1. The zero-order valence-electron chi connectivity index (χ0n) is 11.8. The number of fused-ring (bicyclic) bond motifs is 3. The lowest BCUT2D eigenvalue weighted by Crippen LogP contribution is -2.41. The molecule has 106 valence electrons. The molecule has 0 bridgehead atoms. The largest absolute Gasteiger partial charge is 0.347 e. The first-order valence-electron chi connectivity index (χ1n) is 7.11. The van der Waals surface area contributed by atoms with Crippen LogP contribution in [-0.4, -0.2) is 32.0 Å². The maximum absolute atomic E-state index is 12.8. The summed E-state index contributed by atoms with van der Waals surface area (Å²) < 4.78 is 1.87. The number of carbonyl (C=O) groups excluding carboxylic acids is 1. The van der Waals surface area contributed by atoms with Gasteiger partial charge in [0.25, 0.3) is 0 Å². The van der Waals surface area contributed by atoms with E-state index in [-0.39, 0.29) is 6.03 Å². The molecule has 1 aliphatic heterocycles. The molecule has 0 fully saturated rings. The standard InChI is InChI=1S/C16H16N4O/c1-11-13-4-2-3-5-15(13)20-14(11)6-7-19(16(20)21)9-12-8-17-10-18-12/h2-5,8,10H,6-7,9H2,1H3,(H,17,18). The van der Waals surface area contributed by atoms with Gasteiger partial charge in [-0.2, -0.15) is 0 Å². The highest BCUT2D eigenvalue weighted by molar-refractivity contribution is 5.95. The molecule has 5 heteroatoms. The van der Waals surface area contributed by atoms with Gasteiger partial charge in [0.15, 0.2) is 0 Å². The molecule has 3 heterocycles. The Morgan fingerprint density at radius 1 is 1.33 bits per heavy atom. The van der Waals surface area contributed by atoms with E-state index >= 15 is 0 Å². The number of nitrogens with zero attached hydrogens (tertiary/aromatic N) is 3. The van der Waals surface area contributed by atoms with Crippen LogP contribution in [0.5, 0.6) is 0 Å². The third-order valence-electron chi connectivity index (χ3n) is 4.25. The van der Waals surface area contributed by atoms with E-state index in [9.17, 15) is 4.79 Å². The number of aryl methyl sites for hydroxylation is 1. The molecule has 0 spiro atoms. The number of imidazole rings is 1. The predicted octanol–water partition coefficient (Wildman–Crippen LogP) is 2.70. The van der Waals surface area contributed by atoms with Crippen LogP contribution in [-0.2, 0) is 13.0 Å². The summed E-state index contributed by atoms with van der Waals surface area (Å²) in [5, 5.41) is 1.17. The van der Waals surface area contributed by atoms with Crippen LogP contribution in [0.3, 0.4) is 0 Å². The molecule has 0 saturated carbocycles. The third-order valence-corrected chi connectivity index (χ3v) is 4.25. The van der Waals surface area contributed by atoms with Crippen LogP contribution in [0.1, 0.15) is 17.0 Å². The van der Waals surface area contributed by atoms with Crippen LogP contribution >= 0.6 is 0 Å². The Morgan fingerprint density at radius 3 is 3.00 bits per heavy atom. The van der Waals surface area contributed by atoms with Crippen molar-refractivity contribution < 1.29 is 4.79 Å². The van der Waals surface area contributed by atoms with E-state index in [1.807, 2.05) is 27.7 Å². The van der Waals surface area contributed by atoms with Gasteiger partial charge in [-0.3, -0.25) is 4.57 Å². The average molecular weight is 280 g/mol. The third kappa shape index (κ3) is 1.77. The van der Waals surface area contributed by atoms with Crippen molar-refractivity contribution in [2.75, 3.05) is 6.54 Å². The fourth-order valence-electron chi connectivity index (χ4n) is 3.17. The van der Waals surface area contributed by atoms with Gasteiger partial charge in [-0.15, -0.1) is 0 Å². The minimum absolute atomic E-state index is 0.0511. The number of aromatic amines is 1. The number of aromatic nitrogens is 3. The molecule has 3 aromatic rings. The monoisotopic (exact) mass is 280 g/mol. The molecular formula is C16H16N4O. The van der Waals surface area contributed by atoms with Crippen molar-refractivity contribution in [1.82, 2.24) is 19.4 Å². The Labute approximate surface area is 122 Å². The van der Waals surface area contributed by atoms with E-state index in [0.29, 0.717) is 6.54 Å². The van der Waals surface area contributed by atoms with Gasteiger partial charge in [0.05, 0.1) is 24.1 Å². The number of amides is 1. The molecule has 2 aromatic heterocycles. The van der Waals surface area contributed by atoms with E-state index < -0.39 is 0 Å². The first kappa shape index (κ1) is 12.2. The zero-order valence-corrected chi connectivity index (χ0v) is 11.8. The molecule has 1 N–H and O–H groups in total. The minimum atomic E-state index is 0.0511. The van der Waals surface area contributed by atoms with E-state index in [4.69, 9.17) is 0 Å². The molecular weight excluding hydrogens is 264 g/mol. The van der Waals surface area contributed by atoms with Gasteiger partial charge in [-0.25, -0.2) is 9.78 Å². The highest BCUT2D eigenvalue weighted by atomic mass is 16.2. The van der Waals surface area contributed by atoms with Crippen molar-refractivity contribution in [1.29, 1.82) is 0 Å². The molecule has 5 nitrogen and oxygen atoms in total. The zero-order chi connectivity index (χ0) is 14.4. The number of hydrogen-bond acceptors (Lipinski definition) is 2. The van der Waals surface area contributed by atoms with Crippen molar-refractivity contribution in [2.24, 2.45) is 0 Å². The number of carbonyl (C=O) groups is 1. The summed E-state index contributed by atoms with van der Waals surface area (Å²) in [7, 11) is 0. The summed E-state index contributed by atoms with van der Waals surface area (Å²) in [6.45, 7) is 3.42. The minimum Gasteiger partial charge on any atom is -0.347 e. The highest BCUT2D eigenvalue weighted by Gasteiger charge is 2.28. The molecule has 0 atom stereocenters. The Balaban J connectivity index is 1.79. The van der Waals surface area contributed by atoms with Gasteiger partial charge < -0.3 is 9.88 Å². The summed E-state index contributed by atoms with van der Waals surface area (Å²) in [6, 6.07) is 8.16. The maximum atomic E-state index is 12.8. The van der Waals surface area contributed by atoms with Crippen LogP contribution in [0.4, 0.5) is 4.79 Å². The van der Waals surface area contributed by atoms with Gasteiger partial charge in [0.1, 0.15) is 0 Å². The van der Waals surface area contributed by atoms with E-state index in [2.05, 4.69) is 23.0 Å². The van der Waals surface area contributed by atoms with Crippen molar-refractivity contribution in [3.8, 4) is 0 Å². The van der Waals surface area contributed by atoms with Crippen molar-refractivity contribution >= 4 is 16.9 Å². The van der Waals surface area contributed by atoms with E-state index in [0.717, 1.165) is 29.9 Å². The van der Waals surface area contributed by atoms with E-state index in [1.165, 1.54) is 10.9 Å². The fourth-order valence-corrected chi connectivity index (χ4v) is 3.17. The number of rotatable bonds is 2. The molecule has 4 rings (SSSR count). The molecule has 0 unspecified atom stereocenters. The second kappa shape index (κ2) is 4.48. The van der Waals surface area contributed by atoms with Crippen LogP contribution < -0.4 is 0 Å².